The highest BCUT2D eigenvalue weighted by molar-refractivity contribution is 6.32. The van der Waals surface area contributed by atoms with Gasteiger partial charge in [0.1, 0.15) is 17.0 Å². The quantitative estimate of drug-likeness (QED) is 0.598. The van der Waals surface area contributed by atoms with Crippen LogP contribution in [-0.4, -0.2) is 52.7 Å². The van der Waals surface area contributed by atoms with Gasteiger partial charge in [-0.3, -0.25) is 19.5 Å². The van der Waals surface area contributed by atoms with Gasteiger partial charge in [-0.15, -0.1) is 13.2 Å². The van der Waals surface area contributed by atoms with E-state index < -0.39 is 29.6 Å². The number of nitrogens with zero attached hydrogens (tertiary/aromatic N) is 4. The van der Waals surface area contributed by atoms with Crippen molar-refractivity contribution in [3.63, 3.8) is 0 Å². The minimum atomic E-state index is -4.85. The second-order valence-electron chi connectivity index (χ2n) is 9.08. The molecule has 11 heteroatoms. The summed E-state index contributed by atoms with van der Waals surface area (Å²) in [6, 6.07) is 7.05. The number of urea groups is 1. The number of carbonyl (C=O) groups is 3. The number of carbonyl (C=O) groups excluding carboxylic acids is 3. The molecule has 1 aromatic carbocycles. The lowest BCUT2D eigenvalue weighted by atomic mass is 10.1. The Morgan fingerprint density at radius 2 is 1.71 bits per heavy atom. The highest BCUT2D eigenvalue weighted by atomic mass is 19.4. The highest BCUT2D eigenvalue weighted by Gasteiger charge is 2.70. The van der Waals surface area contributed by atoms with E-state index in [0.717, 1.165) is 36.3 Å². The summed E-state index contributed by atoms with van der Waals surface area (Å²) in [5.41, 5.74) is -0.401. The third kappa shape index (κ3) is 3.98. The van der Waals surface area contributed by atoms with E-state index in [1.807, 2.05) is 6.92 Å². The lowest BCUT2D eigenvalue weighted by Crippen LogP contribution is -2.39. The molecule has 1 aliphatic carbocycles. The van der Waals surface area contributed by atoms with Crippen LogP contribution in [0.1, 0.15) is 43.1 Å². The summed E-state index contributed by atoms with van der Waals surface area (Å²) in [6.07, 6.45) is -0.0607. The predicted molar refractivity (Wildman–Crippen MR) is 119 cm³/mol. The number of pyridine rings is 1. The molecule has 3 aliphatic rings. The number of aromatic nitrogens is 1. The lowest BCUT2D eigenvalue weighted by Gasteiger charge is -2.27. The van der Waals surface area contributed by atoms with E-state index in [-0.39, 0.29) is 23.2 Å². The molecule has 184 valence electrons. The molecule has 2 saturated heterocycles. The van der Waals surface area contributed by atoms with Crippen LogP contribution < -0.4 is 14.5 Å². The summed E-state index contributed by atoms with van der Waals surface area (Å²) in [4.78, 5) is 48.2. The molecule has 2 unspecified atom stereocenters. The van der Waals surface area contributed by atoms with Gasteiger partial charge in [-0.1, -0.05) is 6.92 Å². The highest BCUT2D eigenvalue weighted by Crippen LogP contribution is 2.55. The topological polar surface area (TPSA) is 83.0 Å². The monoisotopic (exact) mass is 488 g/mol. The number of alkyl halides is 3. The van der Waals surface area contributed by atoms with Crippen LogP contribution in [0.5, 0.6) is 5.75 Å². The largest absolute Gasteiger partial charge is 0.573 e. The van der Waals surface area contributed by atoms with Crippen LogP contribution in [0.4, 0.5) is 29.3 Å². The van der Waals surface area contributed by atoms with Crippen molar-refractivity contribution in [2.24, 2.45) is 5.92 Å². The number of likely N-dealkylation sites (tertiary alicyclic amines) is 1. The minimum Gasteiger partial charge on any atom is -0.406 e. The number of anilines is 2. The van der Waals surface area contributed by atoms with Gasteiger partial charge >= 0.3 is 12.4 Å². The maximum Gasteiger partial charge on any atom is 0.573 e. The van der Waals surface area contributed by atoms with Gasteiger partial charge in [-0.05, 0) is 68.0 Å². The van der Waals surface area contributed by atoms with Crippen molar-refractivity contribution in [2.45, 2.75) is 44.5 Å². The average Bonchev–Trinajstić information content (AvgIpc) is 3.44. The molecule has 3 fully saturated rings. The third-order valence-corrected chi connectivity index (χ3v) is 6.82. The summed E-state index contributed by atoms with van der Waals surface area (Å²) in [5, 5.41) is 0. The van der Waals surface area contributed by atoms with Crippen LogP contribution in [-0.2, 0) is 4.79 Å². The number of hydrogen-bond acceptors (Lipinski definition) is 5. The maximum atomic E-state index is 13.5. The Bertz CT molecular complexity index is 1180. The smallest absolute Gasteiger partial charge is 0.406 e. The Hall–Kier alpha value is -3.63. The van der Waals surface area contributed by atoms with E-state index in [1.54, 1.807) is 11.0 Å². The number of halogens is 3. The molecule has 35 heavy (non-hydrogen) atoms. The van der Waals surface area contributed by atoms with Gasteiger partial charge in [0.15, 0.2) is 0 Å². The fourth-order valence-electron chi connectivity index (χ4n) is 4.96. The van der Waals surface area contributed by atoms with E-state index in [4.69, 9.17) is 0 Å². The first kappa shape index (κ1) is 23.1. The molecule has 1 aromatic heterocycles. The van der Waals surface area contributed by atoms with Gasteiger partial charge in [0.05, 0.1) is 11.4 Å². The van der Waals surface area contributed by atoms with Crippen molar-refractivity contribution in [1.82, 2.24) is 9.88 Å². The van der Waals surface area contributed by atoms with Crippen molar-refractivity contribution in [1.29, 1.82) is 0 Å². The van der Waals surface area contributed by atoms with Crippen LogP contribution in [0, 0.1) is 5.92 Å². The molecule has 1 spiro atoms. The first-order valence-electron chi connectivity index (χ1n) is 11.4. The molecule has 8 nitrogen and oxygen atoms in total. The Balaban J connectivity index is 1.45. The number of hydrogen-bond donors (Lipinski definition) is 0. The number of rotatable bonds is 4. The van der Waals surface area contributed by atoms with E-state index in [9.17, 15) is 27.6 Å². The molecular formula is C24H23F3N4O4. The Kier molecular flexibility index (Phi) is 5.45. The first-order chi connectivity index (χ1) is 16.6. The molecule has 2 aliphatic heterocycles. The van der Waals surface area contributed by atoms with E-state index in [0.29, 0.717) is 25.2 Å². The molecule has 0 N–H and O–H groups in total. The van der Waals surface area contributed by atoms with Crippen LogP contribution in [0.15, 0.2) is 42.6 Å². The van der Waals surface area contributed by atoms with Crippen molar-refractivity contribution < 1.29 is 32.3 Å². The molecule has 0 bridgehead atoms. The number of amides is 4. The van der Waals surface area contributed by atoms with Crippen LogP contribution in [0.3, 0.4) is 0 Å². The molecule has 2 atom stereocenters. The van der Waals surface area contributed by atoms with Crippen LogP contribution >= 0.6 is 0 Å². The van der Waals surface area contributed by atoms with Gasteiger partial charge < -0.3 is 9.64 Å². The Labute approximate surface area is 199 Å². The molecule has 4 amide bonds. The van der Waals surface area contributed by atoms with E-state index >= 15 is 0 Å². The summed E-state index contributed by atoms with van der Waals surface area (Å²) in [7, 11) is 0. The van der Waals surface area contributed by atoms with Gasteiger partial charge in [0.2, 0.25) is 0 Å². The molecule has 2 aromatic rings. The number of benzene rings is 1. The zero-order valence-corrected chi connectivity index (χ0v) is 18.9. The number of piperidine rings is 1. The Morgan fingerprint density at radius 1 is 1.06 bits per heavy atom. The van der Waals surface area contributed by atoms with Crippen LogP contribution in [0.2, 0.25) is 0 Å². The summed E-state index contributed by atoms with van der Waals surface area (Å²) in [5.74, 6) is -1.27. The van der Waals surface area contributed by atoms with Crippen molar-refractivity contribution in [3.05, 3.63) is 48.3 Å². The zero-order valence-electron chi connectivity index (χ0n) is 18.9. The second kappa shape index (κ2) is 8.24. The summed E-state index contributed by atoms with van der Waals surface area (Å²) in [6.45, 7) is 3.15. The van der Waals surface area contributed by atoms with Crippen LogP contribution in [0.25, 0.3) is 0 Å². The normalized spacial score (nSPS) is 24.3. The van der Waals surface area contributed by atoms with Crippen molar-refractivity contribution in [2.75, 3.05) is 22.9 Å². The third-order valence-electron chi connectivity index (χ3n) is 6.82. The van der Waals surface area contributed by atoms with E-state index in [1.165, 1.54) is 29.3 Å². The fourth-order valence-corrected chi connectivity index (χ4v) is 4.96. The zero-order chi connectivity index (χ0) is 25.0. The minimum absolute atomic E-state index is 0.133. The average molecular weight is 488 g/mol. The van der Waals surface area contributed by atoms with Gasteiger partial charge in [-0.25, -0.2) is 9.69 Å². The van der Waals surface area contributed by atoms with E-state index in [2.05, 4.69) is 9.72 Å². The van der Waals surface area contributed by atoms with Crippen molar-refractivity contribution in [3.8, 4) is 5.75 Å². The number of imide groups is 1. The Morgan fingerprint density at radius 3 is 2.31 bits per heavy atom. The number of ether oxygens (including phenoxy) is 1. The fraction of sp³-hybridized carbons (Fsp3) is 0.417. The SMILES string of the molecule is CC1CC12C(=O)N(c1ccc(OC(F)(F)F)cc1)C(=O)N2c1ccnc(C(=O)N2CCCCC2)c1. The summed E-state index contributed by atoms with van der Waals surface area (Å²) >= 11 is 0. The maximum absolute atomic E-state index is 13.5. The van der Waals surface area contributed by atoms with Gasteiger partial charge in [-0.2, -0.15) is 0 Å². The summed E-state index contributed by atoms with van der Waals surface area (Å²) < 4.78 is 41.3. The van der Waals surface area contributed by atoms with Crippen molar-refractivity contribution >= 4 is 29.2 Å². The molecule has 1 saturated carbocycles. The standard InChI is InChI=1S/C24H23F3N4O4/c1-15-14-23(15)21(33)30(16-5-7-18(8-6-16)35-24(25,26)27)22(34)31(23)17-9-10-28-19(13-17)20(32)29-11-3-2-4-12-29/h5-10,13,15H,2-4,11-12,14H2,1H3. The molecule has 3 heterocycles. The molecular weight excluding hydrogens is 465 g/mol. The van der Waals surface area contributed by atoms with Gasteiger partial charge in [0, 0.05) is 19.3 Å². The first-order valence-corrected chi connectivity index (χ1v) is 11.4. The predicted octanol–water partition coefficient (Wildman–Crippen LogP) is 4.36. The second-order valence-corrected chi connectivity index (χ2v) is 9.08. The molecule has 0 radical (unpaired) electrons. The lowest BCUT2D eigenvalue weighted by molar-refractivity contribution is -0.274. The molecule has 5 rings (SSSR count). The van der Waals surface area contributed by atoms with Gasteiger partial charge in [0.25, 0.3) is 11.8 Å².